The number of hydrogen-bond acceptors (Lipinski definition) is 5. The predicted octanol–water partition coefficient (Wildman–Crippen LogP) is 1.46. The first-order chi connectivity index (χ1) is 9.41. The Labute approximate surface area is 121 Å². The fourth-order valence-corrected chi connectivity index (χ4v) is 2.55. The van der Waals surface area contributed by atoms with Crippen molar-refractivity contribution in [2.75, 3.05) is 46.1 Å². The van der Waals surface area contributed by atoms with Gasteiger partial charge in [-0.25, -0.2) is 0 Å². The second-order valence-electron chi connectivity index (χ2n) is 6.82. The summed E-state index contributed by atoms with van der Waals surface area (Å²) in [4.78, 5) is 14.6. The monoisotopic (exact) mass is 285 g/mol. The molecular formula is C15H27NO4. The zero-order valence-corrected chi connectivity index (χ0v) is 12.9. The molecule has 116 valence electrons. The number of rotatable bonds is 3. The summed E-state index contributed by atoms with van der Waals surface area (Å²) in [7, 11) is 0. The third-order valence-electron chi connectivity index (χ3n) is 3.94. The lowest BCUT2D eigenvalue weighted by molar-refractivity contribution is -0.183. The lowest BCUT2D eigenvalue weighted by Crippen LogP contribution is -2.53. The molecule has 2 rings (SSSR count). The van der Waals surface area contributed by atoms with Crippen LogP contribution in [-0.4, -0.2) is 62.5 Å². The Morgan fingerprint density at radius 1 is 1.10 bits per heavy atom. The molecule has 0 aromatic heterocycles. The minimum atomic E-state index is -0.462. The van der Waals surface area contributed by atoms with Crippen molar-refractivity contribution in [3.05, 3.63) is 0 Å². The molecule has 0 N–H and O–H groups in total. The summed E-state index contributed by atoms with van der Waals surface area (Å²) in [6, 6.07) is 0. The molecular weight excluding hydrogens is 258 g/mol. The highest BCUT2D eigenvalue weighted by Gasteiger charge is 2.40. The van der Waals surface area contributed by atoms with E-state index < -0.39 is 5.41 Å². The van der Waals surface area contributed by atoms with Gasteiger partial charge in [0, 0.05) is 32.5 Å². The summed E-state index contributed by atoms with van der Waals surface area (Å²) in [5, 5.41) is 0. The number of nitrogens with zero attached hydrogens (tertiary/aromatic N) is 1. The second-order valence-corrected chi connectivity index (χ2v) is 6.82. The Kier molecular flexibility index (Phi) is 5.04. The maximum absolute atomic E-state index is 12.3. The Morgan fingerprint density at radius 3 is 2.20 bits per heavy atom. The topological polar surface area (TPSA) is 48.0 Å². The molecule has 0 spiro atoms. The fourth-order valence-electron chi connectivity index (χ4n) is 2.55. The molecule has 0 unspecified atom stereocenters. The molecule has 2 heterocycles. The first-order valence-corrected chi connectivity index (χ1v) is 7.53. The van der Waals surface area contributed by atoms with Crippen LogP contribution in [0.3, 0.4) is 0 Å². The van der Waals surface area contributed by atoms with Gasteiger partial charge in [0.1, 0.15) is 5.60 Å². The molecule has 0 atom stereocenters. The van der Waals surface area contributed by atoms with Crippen molar-refractivity contribution in [2.24, 2.45) is 5.41 Å². The Morgan fingerprint density at radius 2 is 1.65 bits per heavy atom. The molecule has 0 aromatic rings. The highest BCUT2D eigenvalue weighted by molar-refractivity contribution is 5.75. The van der Waals surface area contributed by atoms with Gasteiger partial charge in [0.05, 0.1) is 31.8 Å². The van der Waals surface area contributed by atoms with Crippen molar-refractivity contribution >= 4 is 5.97 Å². The van der Waals surface area contributed by atoms with Crippen molar-refractivity contribution in [1.29, 1.82) is 0 Å². The van der Waals surface area contributed by atoms with Crippen LogP contribution < -0.4 is 0 Å². The van der Waals surface area contributed by atoms with E-state index in [4.69, 9.17) is 14.2 Å². The van der Waals surface area contributed by atoms with Crippen molar-refractivity contribution in [3.63, 3.8) is 0 Å². The molecule has 2 saturated heterocycles. The van der Waals surface area contributed by atoms with E-state index >= 15 is 0 Å². The van der Waals surface area contributed by atoms with Gasteiger partial charge in [-0.2, -0.15) is 0 Å². The lowest BCUT2D eigenvalue weighted by atomic mass is 9.91. The molecule has 5 heteroatoms. The minimum Gasteiger partial charge on any atom is -0.457 e. The van der Waals surface area contributed by atoms with Crippen LogP contribution >= 0.6 is 0 Å². The molecule has 2 fully saturated rings. The number of hydrogen-bond donors (Lipinski definition) is 0. The Hall–Kier alpha value is -0.650. The molecule has 0 amide bonds. The fraction of sp³-hybridized carbons (Fsp3) is 0.933. The van der Waals surface area contributed by atoms with Crippen molar-refractivity contribution in [3.8, 4) is 0 Å². The molecule has 0 radical (unpaired) electrons. The van der Waals surface area contributed by atoms with Crippen LogP contribution in [0.5, 0.6) is 0 Å². The van der Waals surface area contributed by atoms with Crippen LogP contribution in [0.2, 0.25) is 0 Å². The SMILES string of the molecule is CC(C)(C)C(=O)OC1(CN2CCOCC2)CCOCC1. The van der Waals surface area contributed by atoms with Gasteiger partial charge in [0.15, 0.2) is 0 Å². The summed E-state index contributed by atoms with van der Waals surface area (Å²) >= 11 is 0. The predicted molar refractivity (Wildman–Crippen MR) is 75.6 cm³/mol. The van der Waals surface area contributed by atoms with Gasteiger partial charge in [-0.05, 0) is 20.8 Å². The quantitative estimate of drug-likeness (QED) is 0.735. The molecule has 0 aliphatic carbocycles. The van der Waals surface area contributed by atoms with E-state index in [1.54, 1.807) is 0 Å². The van der Waals surface area contributed by atoms with E-state index in [1.807, 2.05) is 20.8 Å². The Balaban J connectivity index is 2.02. The summed E-state index contributed by atoms with van der Waals surface area (Å²) in [6.07, 6.45) is 1.57. The van der Waals surface area contributed by atoms with Crippen molar-refractivity contribution in [1.82, 2.24) is 4.90 Å². The summed E-state index contributed by atoms with van der Waals surface area (Å²) in [5.41, 5.74) is -0.851. The maximum Gasteiger partial charge on any atom is 0.311 e. The number of carbonyl (C=O) groups is 1. The van der Waals surface area contributed by atoms with E-state index in [9.17, 15) is 4.79 Å². The van der Waals surface area contributed by atoms with E-state index in [2.05, 4.69) is 4.90 Å². The van der Waals surface area contributed by atoms with Crippen LogP contribution in [0.15, 0.2) is 0 Å². The lowest BCUT2D eigenvalue weighted by Gasteiger charge is -2.42. The highest BCUT2D eigenvalue weighted by Crippen LogP contribution is 2.30. The van der Waals surface area contributed by atoms with Crippen molar-refractivity contribution in [2.45, 2.75) is 39.2 Å². The van der Waals surface area contributed by atoms with Crippen LogP contribution in [-0.2, 0) is 19.0 Å². The summed E-state index contributed by atoms with van der Waals surface area (Å²) in [6.45, 7) is 11.2. The number of ether oxygens (including phenoxy) is 3. The maximum atomic E-state index is 12.3. The first kappa shape index (κ1) is 15.7. The third kappa shape index (κ3) is 4.17. The first-order valence-electron chi connectivity index (χ1n) is 7.53. The minimum absolute atomic E-state index is 0.118. The van der Waals surface area contributed by atoms with Gasteiger partial charge in [-0.3, -0.25) is 9.69 Å². The van der Waals surface area contributed by atoms with Crippen LogP contribution in [0.25, 0.3) is 0 Å². The second kappa shape index (κ2) is 6.41. The van der Waals surface area contributed by atoms with Crippen LogP contribution in [0.4, 0.5) is 0 Å². The van der Waals surface area contributed by atoms with Gasteiger partial charge in [-0.1, -0.05) is 0 Å². The van der Waals surface area contributed by atoms with E-state index in [0.717, 1.165) is 45.7 Å². The standard InChI is InChI=1S/C15H27NO4/c1-14(2,3)13(17)20-15(4-8-18-9-5-15)12-16-6-10-19-11-7-16/h4-12H2,1-3H3. The van der Waals surface area contributed by atoms with Gasteiger partial charge >= 0.3 is 5.97 Å². The molecule has 0 saturated carbocycles. The van der Waals surface area contributed by atoms with Gasteiger partial charge in [-0.15, -0.1) is 0 Å². The summed E-state index contributed by atoms with van der Waals surface area (Å²) < 4.78 is 16.8. The molecule has 0 bridgehead atoms. The number of esters is 1. The van der Waals surface area contributed by atoms with Gasteiger partial charge in [0.25, 0.3) is 0 Å². The average Bonchev–Trinajstić information content (AvgIpc) is 2.39. The molecule has 2 aliphatic heterocycles. The summed E-state index contributed by atoms with van der Waals surface area (Å²) in [5.74, 6) is -0.118. The smallest absolute Gasteiger partial charge is 0.311 e. The Bertz CT molecular complexity index is 325. The van der Waals surface area contributed by atoms with Gasteiger partial charge < -0.3 is 14.2 Å². The average molecular weight is 285 g/mol. The highest BCUT2D eigenvalue weighted by atomic mass is 16.6. The number of morpholine rings is 1. The normalized spacial score (nSPS) is 24.4. The third-order valence-corrected chi connectivity index (χ3v) is 3.94. The van der Waals surface area contributed by atoms with Gasteiger partial charge in [0.2, 0.25) is 0 Å². The van der Waals surface area contributed by atoms with E-state index in [1.165, 1.54) is 0 Å². The number of carbonyl (C=O) groups excluding carboxylic acids is 1. The molecule has 5 nitrogen and oxygen atoms in total. The van der Waals surface area contributed by atoms with E-state index in [-0.39, 0.29) is 11.6 Å². The molecule has 20 heavy (non-hydrogen) atoms. The molecule has 2 aliphatic rings. The van der Waals surface area contributed by atoms with Crippen LogP contribution in [0.1, 0.15) is 33.6 Å². The van der Waals surface area contributed by atoms with Crippen molar-refractivity contribution < 1.29 is 19.0 Å². The largest absolute Gasteiger partial charge is 0.457 e. The zero-order valence-electron chi connectivity index (χ0n) is 12.9. The van der Waals surface area contributed by atoms with E-state index in [0.29, 0.717) is 13.2 Å². The molecule has 0 aromatic carbocycles. The van der Waals surface area contributed by atoms with Crippen LogP contribution in [0, 0.1) is 5.41 Å². The zero-order chi connectivity index (χ0) is 14.6.